The number of hydrogen-bond acceptors (Lipinski definition) is 3. The van der Waals surface area contributed by atoms with E-state index in [-0.39, 0.29) is 0 Å². The summed E-state index contributed by atoms with van der Waals surface area (Å²) < 4.78 is 0. The SMILES string of the molecule is S=C(NC1CC1)N1CCN(Cc2ccccn2)CC1. The van der Waals surface area contributed by atoms with E-state index in [4.69, 9.17) is 12.2 Å². The fourth-order valence-electron chi connectivity index (χ4n) is 2.32. The van der Waals surface area contributed by atoms with E-state index < -0.39 is 0 Å². The summed E-state index contributed by atoms with van der Waals surface area (Å²) in [5, 5.41) is 4.36. The van der Waals surface area contributed by atoms with Crippen LogP contribution in [-0.2, 0) is 6.54 Å². The van der Waals surface area contributed by atoms with Crippen LogP contribution in [-0.4, -0.2) is 52.1 Å². The maximum atomic E-state index is 5.44. The van der Waals surface area contributed by atoms with Crippen molar-refractivity contribution in [1.82, 2.24) is 20.1 Å². The van der Waals surface area contributed by atoms with Crippen molar-refractivity contribution < 1.29 is 0 Å². The first-order valence-corrected chi connectivity index (χ1v) is 7.40. The molecule has 1 aliphatic heterocycles. The lowest BCUT2D eigenvalue weighted by Gasteiger charge is -2.36. The molecule has 2 fully saturated rings. The van der Waals surface area contributed by atoms with Crippen molar-refractivity contribution in [2.24, 2.45) is 0 Å². The molecule has 0 bridgehead atoms. The van der Waals surface area contributed by atoms with Gasteiger partial charge in [-0.25, -0.2) is 0 Å². The van der Waals surface area contributed by atoms with Crippen LogP contribution >= 0.6 is 12.2 Å². The molecule has 19 heavy (non-hydrogen) atoms. The number of piperazine rings is 1. The molecule has 0 amide bonds. The summed E-state index contributed by atoms with van der Waals surface area (Å²) in [4.78, 5) is 9.12. The first-order chi connectivity index (χ1) is 9.31. The molecule has 1 saturated carbocycles. The second-order valence-corrected chi connectivity index (χ2v) is 5.69. The minimum Gasteiger partial charge on any atom is -0.360 e. The molecule has 0 aromatic carbocycles. The van der Waals surface area contributed by atoms with Gasteiger partial charge < -0.3 is 10.2 Å². The molecule has 0 unspecified atom stereocenters. The van der Waals surface area contributed by atoms with E-state index in [1.165, 1.54) is 12.8 Å². The number of pyridine rings is 1. The lowest BCUT2D eigenvalue weighted by molar-refractivity contribution is 0.173. The molecular formula is C14H20N4S. The number of thiocarbonyl (C=S) groups is 1. The Morgan fingerprint density at radius 2 is 2.05 bits per heavy atom. The van der Waals surface area contributed by atoms with Crippen LogP contribution < -0.4 is 5.32 Å². The van der Waals surface area contributed by atoms with Crippen molar-refractivity contribution >= 4 is 17.3 Å². The molecule has 1 aromatic heterocycles. The molecule has 0 atom stereocenters. The lowest BCUT2D eigenvalue weighted by Crippen LogP contribution is -2.51. The average molecular weight is 276 g/mol. The van der Waals surface area contributed by atoms with Gasteiger partial charge >= 0.3 is 0 Å². The second-order valence-electron chi connectivity index (χ2n) is 5.31. The van der Waals surface area contributed by atoms with E-state index in [2.05, 4.69) is 26.2 Å². The third kappa shape index (κ3) is 3.64. The maximum absolute atomic E-state index is 5.44. The van der Waals surface area contributed by atoms with Crippen molar-refractivity contribution in [3.8, 4) is 0 Å². The Bertz CT molecular complexity index is 424. The van der Waals surface area contributed by atoms with Crippen molar-refractivity contribution in [1.29, 1.82) is 0 Å². The zero-order valence-electron chi connectivity index (χ0n) is 11.1. The van der Waals surface area contributed by atoms with Gasteiger partial charge in [0.05, 0.1) is 5.69 Å². The predicted octanol–water partition coefficient (Wildman–Crippen LogP) is 1.24. The molecule has 0 radical (unpaired) electrons. The van der Waals surface area contributed by atoms with E-state index in [0.717, 1.165) is 43.5 Å². The Hall–Kier alpha value is -1.20. The van der Waals surface area contributed by atoms with Gasteiger partial charge in [0, 0.05) is 45.0 Å². The normalized spacial score (nSPS) is 20.3. The van der Waals surface area contributed by atoms with Crippen molar-refractivity contribution in [3.63, 3.8) is 0 Å². The van der Waals surface area contributed by atoms with Gasteiger partial charge in [-0.15, -0.1) is 0 Å². The zero-order valence-corrected chi connectivity index (χ0v) is 11.9. The second kappa shape index (κ2) is 5.84. The third-order valence-electron chi connectivity index (χ3n) is 3.68. The number of nitrogens with zero attached hydrogens (tertiary/aromatic N) is 3. The smallest absolute Gasteiger partial charge is 0.169 e. The highest BCUT2D eigenvalue weighted by atomic mass is 32.1. The van der Waals surface area contributed by atoms with Gasteiger partial charge in [-0.2, -0.15) is 0 Å². The largest absolute Gasteiger partial charge is 0.360 e. The maximum Gasteiger partial charge on any atom is 0.169 e. The van der Waals surface area contributed by atoms with Crippen molar-refractivity contribution in [2.45, 2.75) is 25.4 Å². The summed E-state index contributed by atoms with van der Waals surface area (Å²) in [5.74, 6) is 0. The van der Waals surface area contributed by atoms with Crippen LogP contribution in [0.5, 0.6) is 0 Å². The molecule has 3 rings (SSSR count). The summed E-state index contributed by atoms with van der Waals surface area (Å²) in [6, 6.07) is 6.75. The van der Waals surface area contributed by atoms with Crippen molar-refractivity contribution in [3.05, 3.63) is 30.1 Å². The Balaban J connectivity index is 1.45. The van der Waals surface area contributed by atoms with E-state index in [9.17, 15) is 0 Å². The minimum absolute atomic E-state index is 0.652. The molecule has 1 saturated heterocycles. The molecule has 0 spiro atoms. The quantitative estimate of drug-likeness (QED) is 0.840. The van der Waals surface area contributed by atoms with Gasteiger partial charge in [-0.1, -0.05) is 6.07 Å². The van der Waals surface area contributed by atoms with Crippen LogP contribution in [0, 0.1) is 0 Å². The van der Waals surface area contributed by atoms with E-state index in [1.807, 2.05) is 18.3 Å². The molecule has 5 heteroatoms. The van der Waals surface area contributed by atoms with Crippen LogP contribution in [0.1, 0.15) is 18.5 Å². The first kappa shape index (κ1) is 12.8. The summed E-state index contributed by atoms with van der Waals surface area (Å²) in [6.07, 6.45) is 4.42. The lowest BCUT2D eigenvalue weighted by atomic mass is 10.3. The molecule has 1 N–H and O–H groups in total. The molecule has 1 aliphatic carbocycles. The standard InChI is InChI=1S/C14H20N4S/c19-14(16-12-4-5-12)18-9-7-17(8-10-18)11-13-3-1-2-6-15-13/h1-3,6,12H,4-5,7-11H2,(H,16,19). The van der Waals surface area contributed by atoms with E-state index in [0.29, 0.717) is 6.04 Å². The average Bonchev–Trinajstić information content (AvgIpc) is 3.25. The summed E-state index contributed by atoms with van der Waals surface area (Å²) in [5.41, 5.74) is 1.15. The summed E-state index contributed by atoms with van der Waals surface area (Å²) >= 11 is 5.44. The Kier molecular flexibility index (Phi) is 3.94. The van der Waals surface area contributed by atoms with Gasteiger partial charge in [0.1, 0.15) is 0 Å². The Morgan fingerprint density at radius 1 is 1.26 bits per heavy atom. The van der Waals surface area contributed by atoms with Crippen LogP contribution in [0.15, 0.2) is 24.4 Å². The topological polar surface area (TPSA) is 31.4 Å². The molecule has 4 nitrogen and oxygen atoms in total. The molecular weight excluding hydrogens is 256 g/mol. The predicted molar refractivity (Wildman–Crippen MR) is 79.8 cm³/mol. The third-order valence-corrected chi connectivity index (χ3v) is 4.05. The first-order valence-electron chi connectivity index (χ1n) is 6.99. The molecule has 2 aliphatic rings. The zero-order chi connectivity index (χ0) is 13.1. The van der Waals surface area contributed by atoms with Gasteiger partial charge in [-0.3, -0.25) is 9.88 Å². The Morgan fingerprint density at radius 3 is 2.68 bits per heavy atom. The van der Waals surface area contributed by atoms with E-state index in [1.54, 1.807) is 0 Å². The number of hydrogen-bond donors (Lipinski definition) is 1. The fourth-order valence-corrected chi connectivity index (χ4v) is 2.67. The molecule has 1 aromatic rings. The monoisotopic (exact) mass is 276 g/mol. The van der Waals surface area contributed by atoms with Gasteiger partial charge in [0.2, 0.25) is 0 Å². The van der Waals surface area contributed by atoms with Crippen LogP contribution in [0.25, 0.3) is 0 Å². The highest BCUT2D eigenvalue weighted by Crippen LogP contribution is 2.19. The highest BCUT2D eigenvalue weighted by Gasteiger charge is 2.25. The van der Waals surface area contributed by atoms with Gasteiger partial charge in [-0.05, 0) is 37.2 Å². The summed E-state index contributed by atoms with van der Waals surface area (Å²) in [6.45, 7) is 5.10. The van der Waals surface area contributed by atoms with Gasteiger partial charge in [0.15, 0.2) is 5.11 Å². The molecule has 2 heterocycles. The summed E-state index contributed by atoms with van der Waals surface area (Å²) in [7, 11) is 0. The minimum atomic E-state index is 0.652. The molecule has 102 valence electrons. The fraction of sp³-hybridized carbons (Fsp3) is 0.571. The van der Waals surface area contributed by atoms with Gasteiger partial charge in [0.25, 0.3) is 0 Å². The highest BCUT2D eigenvalue weighted by molar-refractivity contribution is 7.80. The van der Waals surface area contributed by atoms with Crippen LogP contribution in [0.2, 0.25) is 0 Å². The Labute approximate surface area is 119 Å². The van der Waals surface area contributed by atoms with Crippen molar-refractivity contribution in [2.75, 3.05) is 26.2 Å². The number of rotatable bonds is 3. The number of aromatic nitrogens is 1. The number of nitrogens with one attached hydrogen (secondary N) is 1. The van der Waals surface area contributed by atoms with E-state index >= 15 is 0 Å². The van der Waals surface area contributed by atoms with Crippen LogP contribution in [0.4, 0.5) is 0 Å². The van der Waals surface area contributed by atoms with Crippen LogP contribution in [0.3, 0.4) is 0 Å².